The van der Waals surface area contributed by atoms with E-state index in [1.54, 1.807) is 19.4 Å². The van der Waals surface area contributed by atoms with Crippen LogP contribution in [0, 0.1) is 6.92 Å². The van der Waals surface area contributed by atoms with Gasteiger partial charge >= 0.3 is 5.97 Å². The van der Waals surface area contributed by atoms with Crippen LogP contribution >= 0.6 is 0 Å². The number of aryl methyl sites for hydroxylation is 1. The summed E-state index contributed by atoms with van der Waals surface area (Å²) in [7, 11) is 1.64. The maximum Gasteiger partial charge on any atom is 0.321 e. The number of nitrogens with one attached hydrogen (secondary N) is 1. The van der Waals surface area contributed by atoms with Crippen LogP contribution in [-0.2, 0) is 11.2 Å². The summed E-state index contributed by atoms with van der Waals surface area (Å²) in [5, 5.41) is 11.6. The molecule has 0 aromatic carbocycles. The summed E-state index contributed by atoms with van der Waals surface area (Å²) in [6.07, 6.45) is 3.90. The Kier molecular flexibility index (Phi) is 3.59. The van der Waals surface area contributed by atoms with Crippen molar-refractivity contribution in [3.05, 3.63) is 29.6 Å². The maximum atomic E-state index is 10.7. The van der Waals surface area contributed by atoms with Gasteiger partial charge in [0.25, 0.3) is 0 Å². The Balaban J connectivity index is 2.72. The van der Waals surface area contributed by atoms with Crippen LogP contribution in [0.1, 0.15) is 11.1 Å². The monoisotopic (exact) mass is 194 g/mol. The van der Waals surface area contributed by atoms with Crippen molar-refractivity contribution in [1.29, 1.82) is 0 Å². The van der Waals surface area contributed by atoms with Crippen LogP contribution in [-0.4, -0.2) is 29.1 Å². The molecule has 0 fully saturated rings. The lowest BCUT2D eigenvalue weighted by Gasteiger charge is -2.10. The smallest absolute Gasteiger partial charge is 0.321 e. The molecule has 4 heteroatoms. The van der Waals surface area contributed by atoms with Gasteiger partial charge in [-0.25, -0.2) is 0 Å². The van der Waals surface area contributed by atoms with Crippen molar-refractivity contribution < 1.29 is 9.90 Å². The van der Waals surface area contributed by atoms with Crippen LogP contribution in [0.25, 0.3) is 0 Å². The summed E-state index contributed by atoms with van der Waals surface area (Å²) < 4.78 is 0. The lowest BCUT2D eigenvalue weighted by molar-refractivity contribution is -0.139. The minimum atomic E-state index is -0.839. The number of likely N-dealkylation sites (N-methyl/N-ethyl adjacent to an activating group) is 1. The second kappa shape index (κ2) is 4.72. The molecule has 14 heavy (non-hydrogen) atoms. The van der Waals surface area contributed by atoms with Crippen molar-refractivity contribution in [2.75, 3.05) is 7.05 Å². The lowest BCUT2D eigenvalue weighted by Crippen LogP contribution is -2.35. The molecule has 0 spiro atoms. The molecule has 0 radical (unpaired) electrons. The van der Waals surface area contributed by atoms with Gasteiger partial charge in [0.05, 0.1) is 0 Å². The third-order valence-corrected chi connectivity index (χ3v) is 2.02. The quantitative estimate of drug-likeness (QED) is 0.737. The van der Waals surface area contributed by atoms with Gasteiger partial charge in [-0.1, -0.05) is 6.07 Å². The van der Waals surface area contributed by atoms with Crippen molar-refractivity contribution in [2.24, 2.45) is 0 Å². The van der Waals surface area contributed by atoms with Crippen molar-refractivity contribution in [3.63, 3.8) is 0 Å². The molecular formula is C10H14N2O2. The molecule has 1 rings (SSSR count). The molecule has 76 valence electrons. The average Bonchev–Trinajstić information content (AvgIpc) is 2.14. The van der Waals surface area contributed by atoms with E-state index in [-0.39, 0.29) is 0 Å². The van der Waals surface area contributed by atoms with Crippen molar-refractivity contribution in [3.8, 4) is 0 Å². The number of aromatic nitrogens is 1. The molecule has 0 saturated heterocycles. The first-order chi connectivity index (χ1) is 6.63. The largest absolute Gasteiger partial charge is 0.480 e. The molecule has 1 heterocycles. The lowest BCUT2D eigenvalue weighted by atomic mass is 10.1. The van der Waals surface area contributed by atoms with Crippen LogP contribution in [0.5, 0.6) is 0 Å². The van der Waals surface area contributed by atoms with E-state index in [2.05, 4.69) is 10.3 Å². The molecule has 4 nitrogen and oxygen atoms in total. The summed E-state index contributed by atoms with van der Waals surface area (Å²) in [5.74, 6) is -0.839. The number of hydrogen-bond donors (Lipinski definition) is 2. The van der Waals surface area contributed by atoms with Crippen molar-refractivity contribution in [1.82, 2.24) is 10.3 Å². The number of carboxylic acid groups (broad SMARTS) is 1. The zero-order valence-electron chi connectivity index (χ0n) is 8.32. The zero-order chi connectivity index (χ0) is 10.6. The Morgan fingerprint density at radius 1 is 1.64 bits per heavy atom. The van der Waals surface area contributed by atoms with E-state index >= 15 is 0 Å². The van der Waals surface area contributed by atoms with Crippen LogP contribution in [0.3, 0.4) is 0 Å². The molecule has 1 aromatic heterocycles. The molecule has 2 N–H and O–H groups in total. The molecular weight excluding hydrogens is 180 g/mol. The molecule has 0 aliphatic heterocycles. The van der Waals surface area contributed by atoms with E-state index in [9.17, 15) is 4.79 Å². The number of aliphatic carboxylic acids is 1. The zero-order valence-corrected chi connectivity index (χ0v) is 8.32. The first-order valence-electron chi connectivity index (χ1n) is 4.44. The van der Waals surface area contributed by atoms with E-state index in [0.717, 1.165) is 11.1 Å². The summed E-state index contributed by atoms with van der Waals surface area (Å²) >= 11 is 0. The number of carboxylic acids is 1. The highest BCUT2D eigenvalue weighted by Gasteiger charge is 2.15. The minimum absolute atomic E-state index is 0.459. The van der Waals surface area contributed by atoms with Gasteiger partial charge in [-0.15, -0.1) is 0 Å². The van der Waals surface area contributed by atoms with Crippen LogP contribution in [0.15, 0.2) is 18.5 Å². The predicted molar refractivity (Wildman–Crippen MR) is 53.2 cm³/mol. The normalized spacial score (nSPS) is 12.4. The Hall–Kier alpha value is -1.42. The summed E-state index contributed by atoms with van der Waals surface area (Å²) in [5.41, 5.74) is 1.98. The van der Waals surface area contributed by atoms with E-state index in [1.807, 2.05) is 13.0 Å². The molecule has 1 atom stereocenters. The fourth-order valence-corrected chi connectivity index (χ4v) is 1.28. The Bertz CT molecular complexity index is 326. The number of hydrogen-bond acceptors (Lipinski definition) is 3. The van der Waals surface area contributed by atoms with Gasteiger partial charge < -0.3 is 10.4 Å². The van der Waals surface area contributed by atoms with Gasteiger partial charge in [-0.05, 0) is 31.5 Å². The highest BCUT2D eigenvalue weighted by Crippen LogP contribution is 2.04. The minimum Gasteiger partial charge on any atom is -0.480 e. The predicted octanol–water partition coefficient (Wildman–Crippen LogP) is 0.605. The SMILES string of the molecule is CN[C@@H](Cc1cncc(C)c1)C(=O)O. The van der Waals surface area contributed by atoms with Crippen molar-refractivity contribution in [2.45, 2.75) is 19.4 Å². The van der Waals surface area contributed by atoms with Crippen molar-refractivity contribution >= 4 is 5.97 Å². The fourth-order valence-electron chi connectivity index (χ4n) is 1.28. The Morgan fingerprint density at radius 2 is 2.36 bits per heavy atom. The number of pyridine rings is 1. The van der Waals surface area contributed by atoms with Gasteiger partial charge in [0.15, 0.2) is 0 Å². The standard InChI is InChI=1S/C10H14N2O2/c1-7-3-8(6-12-5-7)4-9(11-2)10(13)14/h3,5-6,9,11H,4H2,1-2H3,(H,13,14)/t9-/m0/s1. The molecule has 0 aliphatic rings. The van der Waals surface area contributed by atoms with Gasteiger partial charge in [0.1, 0.15) is 6.04 Å². The van der Waals surface area contributed by atoms with Gasteiger partial charge in [0, 0.05) is 12.4 Å². The number of carbonyl (C=O) groups is 1. The number of rotatable bonds is 4. The molecule has 0 amide bonds. The van der Waals surface area contributed by atoms with E-state index < -0.39 is 12.0 Å². The van der Waals surface area contributed by atoms with Crippen LogP contribution in [0.4, 0.5) is 0 Å². The second-order valence-corrected chi connectivity index (χ2v) is 3.25. The van der Waals surface area contributed by atoms with E-state index in [4.69, 9.17) is 5.11 Å². The maximum absolute atomic E-state index is 10.7. The van der Waals surface area contributed by atoms with E-state index in [0.29, 0.717) is 6.42 Å². The number of nitrogens with zero attached hydrogens (tertiary/aromatic N) is 1. The van der Waals surface area contributed by atoms with Crippen LogP contribution < -0.4 is 5.32 Å². The summed E-state index contributed by atoms with van der Waals surface area (Å²) in [4.78, 5) is 14.7. The molecule has 0 unspecified atom stereocenters. The summed E-state index contributed by atoms with van der Waals surface area (Å²) in [6, 6.07) is 1.40. The second-order valence-electron chi connectivity index (χ2n) is 3.25. The molecule has 0 saturated carbocycles. The Morgan fingerprint density at radius 3 is 2.86 bits per heavy atom. The first kappa shape index (κ1) is 10.7. The highest BCUT2D eigenvalue weighted by atomic mass is 16.4. The third-order valence-electron chi connectivity index (χ3n) is 2.02. The first-order valence-corrected chi connectivity index (χ1v) is 4.44. The highest BCUT2D eigenvalue weighted by molar-refractivity contribution is 5.73. The molecule has 0 aliphatic carbocycles. The fraction of sp³-hybridized carbons (Fsp3) is 0.400. The van der Waals surface area contributed by atoms with Crippen LogP contribution in [0.2, 0.25) is 0 Å². The topological polar surface area (TPSA) is 62.2 Å². The van der Waals surface area contributed by atoms with E-state index in [1.165, 1.54) is 0 Å². The van der Waals surface area contributed by atoms with Gasteiger partial charge in [-0.3, -0.25) is 9.78 Å². The molecule has 1 aromatic rings. The van der Waals surface area contributed by atoms with Gasteiger partial charge in [0.2, 0.25) is 0 Å². The Labute approximate surface area is 83.0 Å². The van der Waals surface area contributed by atoms with Gasteiger partial charge in [-0.2, -0.15) is 0 Å². The molecule has 0 bridgehead atoms. The third kappa shape index (κ3) is 2.81. The average molecular weight is 194 g/mol. The summed E-state index contributed by atoms with van der Waals surface area (Å²) in [6.45, 7) is 1.94.